The van der Waals surface area contributed by atoms with Crippen LogP contribution in [0, 0.1) is 0 Å². The number of benzene rings is 1. The number of rotatable bonds is 8. The molecular formula is C15H19F3O3. The van der Waals surface area contributed by atoms with Crippen molar-refractivity contribution < 1.29 is 27.4 Å². The highest BCUT2D eigenvalue weighted by molar-refractivity contribution is 5.97. The van der Waals surface area contributed by atoms with Crippen LogP contribution in [0.1, 0.15) is 43.5 Å². The number of carbonyl (C=O) groups excluding carboxylic acids is 1. The molecule has 0 saturated carbocycles. The molecule has 0 unspecified atom stereocenters. The van der Waals surface area contributed by atoms with E-state index in [-0.39, 0.29) is 5.56 Å². The molecule has 0 spiro atoms. The molecule has 3 nitrogen and oxygen atoms in total. The number of alkyl halides is 3. The van der Waals surface area contributed by atoms with Crippen molar-refractivity contribution in [2.75, 3.05) is 13.2 Å². The monoisotopic (exact) mass is 304 g/mol. The predicted molar refractivity (Wildman–Crippen MR) is 73.0 cm³/mol. The third-order valence-electron chi connectivity index (χ3n) is 2.55. The van der Waals surface area contributed by atoms with Crippen LogP contribution >= 0.6 is 0 Å². The quantitative estimate of drug-likeness (QED) is 0.668. The number of hydrogen-bond acceptors (Lipinski definition) is 3. The molecular weight excluding hydrogens is 285 g/mol. The second-order valence-electron chi connectivity index (χ2n) is 4.57. The van der Waals surface area contributed by atoms with Gasteiger partial charge in [-0.1, -0.05) is 13.8 Å². The van der Waals surface area contributed by atoms with Crippen molar-refractivity contribution in [3.05, 3.63) is 23.8 Å². The Balaban J connectivity index is 2.94. The average Bonchev–Trinajstić information content (AvgIpc) is 2.41. The van der Waals surface area contributed by atoms with Gasteiger partial charge in [-0.05, 0) is 31.0 Å². The minimum absolute atomic E-state index is 0.0257. The Bertz CT molecular complexity index is 470. The lowest BCUT2D eigenvalue weighted by atomic mass is 10.1. The largest absolute Gasteiger partial charge is 0.490 e. The summed E-state index contributed by atoms with van der Waals surface area (Å²) in [6.07, 6.45) is -4.45. The van der Waals surface area contributed by atoms with E-state index in [4.69, 9.17) is 9.47 Å². The molecule has 21 heavy (non-hydrogen) atoms. The Morgan fingerprint density at radius 2 is 1.62 bits per heavy atom. The topological polar surface area (TPSA) is 35.5 Å². The van der Waals surface area contributed by atoms with Crippen molar-refractivity contribution in [2.24, 2.45) is 0 Å². The van der Waals surface area contributed by atoms with Crippen LogP contribution in [0.5, 0.6) is 11.5 Å². The van der Waals surface area contributed by atoms with Crippen molar-refractivity contribution in [3.8, 4) is 11.5 Å². The van der Waals surface area contributed by atoms with Gasteiger partial charge in [-0.15, -0.1) is 0 Å². The zero-order chi connectivity index (χ0) is 15.9. The second-order valence-corrected chi connectivity index (χ2v) is 4.57. The van der Waals surface area contributed by atoms with Crippen molar-refractivity contribution in [2.45, 2.75) is 39.3 Å². The average molecular weight is 304 g/mol. The molecule has 0 saturated heterocycles. The zero-order valence-corrected chi connectivity index (χ0v) is 12.1. The fourth-order valence-corrected chi connectivity index (χ4v) is 1.62. The number of Topliss-reactive ketones (excluding diaryl/α,β-unsaturated/α-hetero) is 1. The van der Waals surface area contributed by atoms with E-state index in [2.05, 4.69) is 0 Å². The molecule has 0 aromatic heterocycles. The Morgan fingerprint density at radius 1 is 1.05 bits per heavy atom. The molecule has 0 heterocycles. The molecule has 1 rings (SSSR count). The van der Waals surface area contributed by atoms with Gasteiger partial charge in [-0.25, -0.2) is 0 Å². The maximum atomic E-state index is 12.3. The van der Waals surface area contributed by atoms with Gasteiger partial charge in [0.25, 0.3) is 0 Å². The van der Waals surface area contributed by atoms with E-state index in [0.717, 1.165) is 12.8 Å². The number of ether oxygens (including phenoxy) is 2. The van der Waals surface area contributed by atoms with Gasteiger partial charge in [0, 0.05) is 5.56 Å². The molecule has 0 amide bonds. The van der Waals surface area contributed by atoms with E-state index < -0.39 is 18.4 Å². The first-order valence-electron chi connectivity index (χ1n) is 6.87. The van der Waals surface area contributed by atoms with E-state index >= 15 is 0 Å². The first kappa shape index (κ1) is 17.3. The second kappa shape index (κ2) is 7.90. The summed E-state index contributed by atoms with van der Waals surface area (Å²) < 4.78 is 47.7. The molecule has 0 aliphatic heterocycles. The van der Waals surface area contributed by atoms with Crippen LogP contribution in [0.3, 0.4) is 0 Å². The van der Waals surface area contributed by atoms with Gasteiger partial charge >= 0.3 is 6.18 Å². The van der Waals surface area contributed by atoms with Gasteiger partial charge in [0.2, 0.25) is 0 Å². The number of hydrogen-bond donors (Lipinski definition) is 0. The Hall–Kier alpha value is -1.72. The SMILES string of the molecule is CCCOc1ccc(C(=O)CC(F)(F)F)cc1OCCC. The van der Waals surface area contributed by atoms with Crippen molar-refractivity contribution in [1.82, 2.24) is 0 Å². The fraction of sp³-hybridized carbons (Fsp3) is 0.533. The number of halogens is 3. The highest BCUT2D eigenvalue weighted by atomic mass is 19.4. The predicted octanol–water partition coefficient (Wildman–Crippen LogP) is 4.40. The number of ketones is 1. The van der Waals surface area contributed by atoms with Gasteiger partial charge in [0.1, 0.15) is 6.42 Å². The molecule has 1 aromatic rings. The maximum absolute atomic E-state index is 12.3. The van der Waals surface area contributed by atoms with Crippen molar-refractivity contribution in [1.29, 1.82) is 0 Å². The summed E-state index contributed by atoms with van der Waals surface area (Å²) in [7, 11) is 0. The summed E-state index contributed by atoms with van der Waals surface area (Å²) in [5.74, 6) is -0.238. The molecule has 0 aliphatic carbocycles. The summed E-state index contributed by atoms with van der Waals surface area (Å²) in [5.41, 5.74) is -0.0257. The van der Waals surface area contributed by atoms with Gasteiger partial charge in [-0.3, -0.25) is 4.79 Å². The summed E-state index contributed by atoms with van der Waals surface area (Å²) in [4.78, 5) is 11.6. The smallest absolute Gasteiger partial charge is 0.396 e. The molecule has 0 fully saturated rings. The minimum atomic E-state index is -4.51. The Labute approximate surface area is 122 Å². The van der Waals surface area contributed by atoms with Crippen molar-refractivity contribution >= 4 is 5.78 Å². The third kappa shape index (κ3) is 6.06. The van der Waals surface area contributed by atoms with Gasteiger partial charge in [0.05, 0.1) is 13.2 Å². The molecule has 0 radical (unpaired) electrons. The third-order valence-corrected chi connectivity index (χ3v) is 2.55. The first-order valence-corrected chi connectivity index (χ1v) is 6.87. The van der Waals surface area contributed by atoms with Crippen LogP contribution in [0.4, 0.5) is 13.2 Å². The summed E-state index contributed by atoms with van der Waals surface area (Å²) in [5, 5.41) is 0. The fourth-order valence-electron chi connectivity index (χ4n) is 1.62. The van der Waals surface area contributed by atoms with Crippen LogP contribution in [0.15, 0.2) is 18.2 Å². The van der Waals surface area contributed by atoms with E-state index in [0.29, 0.717) is 24.7 Å². The molecule has 0 atom stereocenters. The lowest BCUT2D eigenvalue weighted by Crippen LogP contribution is -2.15. The van der Waals surface area contributed by atoms with Crippen LogP contribution in [0.25, 0.3) is 0 Å². The molecule has 0 aliphatic rings. The number of carbonyl (C=O) groups is 1. The van der Waals surface area contributed by atoms with E-state index in [1.807, 2.05) is 13.8 Å². The van der Waals surface area contributed by atoms with Crippen LogP contribution in [0.2, 0.25) is 0 Å². The Kier molecular flexibility index (Phi) is 6.52. The minimum Gasteiger partial charge on any atom is -0.490 e. The van der Waals surface area contributed by atoms with Crippen molar-refractivity contribution in [3.63, 3.8) is 0 Å². The normalized spacial score (nSPS) is 11.3. The lowest BCUT2D eigenvalue weighted by Gasteiger charge is -2.13. The van der Waals surface area contributed by atoms with Crippen LogP contribution in [-0.2, 0) is 0 Å². The molecule has 0 bridgehead atoms. The van der Waals surface area contributed by atoms with E-state index in [1.54, 1.807) is 0 Å². The summed E-state index contributed by atoms with van der Waals surface area (Å²) in [6, 6.07) is 4.12. The van der Waals surface area contributed by atoms with Crippen LogP contribution in [-0.4, -0.2) is 25.2 Å². The molecule has 0 N–H and O–H groups in total. The van der Waals surface area contributed by atoms with Gasteiger partial charge in [-0.2, -0.15) is 13.2 Å². The standard InChI is InChI=1S/C15H19F3O3/c1-3-7-20-13-6-5-11(9-14(13)21-8-4-2)12(19)10-15(16,17)18/h5-6,9H,3-4,7-8,10H2,1-2H3. The molecule has 6 heteroatoms. The molecule has 1 aromatic carbocycles. The summed E-state index contributed by atoms with van der Waals surface area (Å²) >= 11 is 0. The first-order chi connectivity index (χ1) is 9.87. The van der Waals surface area contributed by atoms with Gasteiger partial charge < -0.3 is 9.47 Å². The summed E-state index contributed by atoms with van der Waals surface area (Å²) in [6.45, 7) is 4.72. The Morgan fingerprint density at radius 3 is 2.14 bits per heavy atom. The van der Waals surface area contributed by atoms with Gasteiger partial charge in [0.15, 0.2) is 17.3 Å². The zero-order valence-electron chi connectivity index (χ0n) is 12.1. The highest BCUT2D eigenvalue weighted by Crippen LogP contribution is 2.30. The highest BCUT2D eigenvalue weighted by Gasteiger charge is 2.31. The van der Waals surface area contributed by atoms with E-state index in [9.17, 15) is 18.0 Å². The lowest BCUT2D eigenvalue weighted by molar-refractivity contribution is -0.125. The van der Waals surface area contributed by atoms with Crippen LogP contribution < -0.4 is 9.47 Å². The van der Waals surface area contributed by atoms with E-state index in [1.165, 1.54) is 18.2 Å². The molecule has 118 valence electrons. The maximum Gasteiger partial charge on any atom is 0.396 e.